The van der Waals surface area contributed by atoms with Crippen molar-refractivity contribution < 1.29 is 9.53 Å². The molecule has 0 amide bonds. The number of carbonyl (C=O) groups excluding carboxylic acids is 1. The van der Waals surface area contributed by atoms with Gasteiger partial charge in [0.25, 0.3) is 0 Å². The van der Waals surface area contributed by atoms with Crippen molar-refractivity contribution in [1.29, 1.82) is 0 Å². The number of nitrogens with zero attached hydrogens (tertiary/aromatic N) is 3. The molecule has 5 heteroatoms. The summed E-state index contributed by atoms with van der Waals surface area (Å²) >= 11 is 0. The monoisotopic (exact) mass is 385 g/mol. The zero-order valence-electron chi connectivity index (χ0n) is 16.6. The van der Waals surface area contributed by atoms with Crippen molar-refractivity contribution in [3.8, 4) is 22.8 Å². The summed E-state index contributed by atoms with van der Waals surface area (Å²) in [5.74, 6) is 1.30. The largest absolute Gasteiger partial charge is 0.465 e. The zero-order valence-corrected chi connectivity index (χ0v) is 16.6. The predicted molar refractivity (Wildman–Crippen MR) is 114 cm³/mol. The standard InChI is InChI=1S/C24H23N3O2/c1-26-21-11-10-18(24(28)29-2)14-19(21)25-23(26)22-13-12-20(17-6-4-3-5-7-17)27(22)15-16-8-9-16/h3-7,10-14,16H,8-9,15H2,1-2H3. The number of aromatic nitrogens is 3. The van der Waals surface area contributed by atoms with E-state index in [1.807, 2.05) is 19.2 Å². The Kier molecular flexibility index (Phi) is 4.23. The number of carbonyl (C=O) groups is 1. The van der Waals surface area contributed by atoms with E-state index in [1.165, 1.54) is 31.2 Å². The number of esters is 1. The third kappa shape index (κ3) is 3.12. The van der Waals surface area contributed by atoms with E-state index in [1.54, 1.807) is 12.1 Å². The van der Waals surface area contributed by atoms with Gasteiger partial charge in [-0.3, -0.25) is 0 Å². The summed E-state index contributed by atoms with van der Waals surface area (Å²) in [6.45, 7) is 1.00. The molecule has 1 aliphatic rings. The Morgan fingerprint density at radius 3 is 2.55 bits per heavy atom. The van der Waals surface area contributed by atoms with Crippen molar-refractivity contribution in [2.24, 2.45) is 13.0 Å². The third-order valence-electron chi connectivity index (χ3n) is 5.72. The van der Waals surface area contributed by atoms with Gasteiger partial charge in [-0.2, -0.15) is 0 Å². The molecular weight excluding hydrogens is 362 g/mol. The van der Waals surface area contributed by atoms with Crippen molar-refractivity contribution in [3.05, 3.63) is 66.2 Å². The van der Waals surface area contributed by atoms with Crippen LogP contribution in [0.1, 0.15) is 23.2 Å². The molecule has 0 saturated heterocycles. The van der Waals surface area contributed by atoms with Gasteiger partial charge in [0.2, 0.25) is 0 Å². The zero-order chi connectivity index (χ0) is 20.0. The third-order valence-corrected chi connectivity index (χ3v) is 5.72. The van der Waals surface area contributed by atoms with Crippen LogP contribution in [0.5, 0.6) is 0 Å². The second kappa shape index (κ2) is 6.92. The number of ether oxygens (including phenoxy) is 1. The van der Waals surface area contributed by atoms with Crippen molar-refractivity contribution in [1.82, 2.24) is 14.1 Å². The molecule has 0 spiro atoms. The molecule has 0 aliphatic heterocycles. The highest BCUT2D eigenvalue weighted by Crippen LogP contribution is 2.36. The molecular formula is C24H23N3O2. The lowest BCUT2D eigenvalue weighted by atomic mass is 10.1. The first-order chi connectivity index (χ1) is 14.2. The van der Waals surface area contributed by atoms with E-state index in [0.29, 0.717) is 5.56 Å². The quantitative estimate of drug-likeness (QED) is 0.459. The highest BCUT2D eigenvalue weighted by atomic mass is 16.5. The van der Waals surface area contributed by atoms with E-state index < -0.39 is 0 Å². The van der Waals surface area contributed by atoms with E-state index in [4.69, 9.17) is 9.72 Å². The lowest BCUT2D eigenvalue weighted by Crippen LogP contribution is -2.06. The molecule has 2 aromatic heterocycles. The molecule has 0 bridgehead atoms. The predicted octanol–water partition coefficient (Wildman–Crippen LogP) is 4.91. The Morgan fingerprint density at radius 2 is 1.83 bits per heavy atom. The van der Waals surface area contributed by atoms with Crippen LogP contribution in [0.15, 0.2) is 60.7 Å². The number of imidazole rings is 1. The molecule has 0 unspecified atom stereocenters. The number of aryl methyl sites for hydroxylation is 1. The summed E-state index contributed by atoms with van der Waals surface area (Å²) in [5.41, 5.74) is 5.84. The maximum atomic E-state index is 11.9. The molecule has 4 aromatic rings. The first-order valence-electron chi connectivity index (χ1n) is 9.96. The minimum Gasteiger partial charge on any atom is -0.465 e. The minimum atomic E-state index is -0.345. The highest BCUT2D eigenvalue weighted by Gasteiger charge is 2.26. The summed E-state index contributed by atoms with van der Waals surface area (Å²) in [4.78, 5) is 16.8. The molecule has 2 aromatic carbocycles. The Balaban J connectivity index is 1.65. The summed E-state index contributed by atoms with van der Waals surface area (Å²) in [6, 6.07) is 20.4. The van der Waals surface area contributed by atoms with Crippen molar-refractivity contribution >= 4 is 17.0 Å². The van der Waals surface area contributed by atoms with E-state index >= 15 is 0 Å². The number of hydrogen-bond acceptors (Lipinski definition) is 3. The van der Waals surface area contributed by atoms with Gasteiger partial charge in [0, 0.05) is 19.3 Å². The number of benzene rings is 2. The van der Waals surface area contributed by atoms with Crippen LogP contribution in [0.3, 0.4) is 0 Å². The van der Waals surface area contributed by atoms with Crippen molar-refractivity contribution in [2.75, 3.05) is 7.11 Å². The topological polar surface area (TPSA) is 49.0 Å². The first kappa shape index (κ1) is 17.7. The Hall–Kier alpha value is -3.34. The van der Waals surface area contributed by atoms with Crippen LogP contribution in [0.25, 0.3) is 33.8 Å². The van der Waals surface area contributed by atoms with Crippen LogP contribution in [-0.4, -0.2) is 27.2 Å². The van der Waals surface area contributed by atoms with Crippen LogP contribution < -0.4 is 0 Å². The van der Waals surface area contributed by atoms with Gasteiger partial charge in [0.05, 0.1) is 29.4 Å². The smallest absolute Gasteiger partial charge is 0.337 e. The molecule has 2 heterocycles. The van der Waals surface area contributed by atoms with E-state index in [0.717, 1.165) is 35.0 Å². The molecule has 5 rings (SSSR count). The van der Waals surface area contributed by atoms with Gasteiger partial charge in [-0.1, -0.05) is 30.3 Å². The molecule has 5 nitrogen and oxygen atoms in total. The molecule has 1 fully saturated rings. The Morgan fingerprint density at radius 1 is 1.07 bits per heavy atom. The van der Waals surface area contributed by atoms with Gasteiger partial charge in [-0.15, -0.1) is 0 Å². The van der Waals surface area contributed by atoms with Gasteiger partial charge >= 0.3 is 5.97 Å². The lowest BCUT2D eigenvalue weighted by molar-refractivity contribution is 0.0601. The number of hydrogen-bond donors (Lipinski definition) is 0. The summed E-state index contributed by atoms with van der Waals surface area (Å²) < 4.78 is 9.35. The van der Waals surface area contributed by atoms with Crippen molar-refractivity contribution in [3.63, 3.8) is 0 Å². The first-order valence-corrected chi connectivity index (χ1v) is 9.96. The summed E-state index contributed by atoms with van der Waals surface area (Å²) in [7, 11) is 3.42. The normalized spacial score (nSPS) is 13.7. The van der Waals surface area contributed by atoms with Gasteiger partial charge in [0.15, 0.2) is 5.82 Å². The van der Waals surface area contributed by atoms with Crippen molar-refractivity contribution in [2.45, 2.75) is 19.4 Å². The Bertz CT molecular complexity index is 1200. The SMILES string of the molecule is COC(=O)c1ccc2c(c1)nc(-c1ccc(-c3ccccc3)n1CC1CC1)n2C. The fraction of sp³-hybridized carbons (Fsp3) is 0.250. The maximum Gasteiger partial charge on any atom is 0.337 e. The highest BCUT2D eigenvalue weighted by molar-refractivity contribution is 5.94. The summed E-state index contributed by atoms with van der Waals surface area (Å²) in [6.07, 6.45) is 2.58. The summed E-state index contributed by atoms with van der Waals surface area (Å²) in [5, 5.41) is 0. The van der Waals surface area contributed by atoms with Crippen LogP contribution >= 0.6 is 0 Å². The number of methoxy groups -OCH3 is 1. The van der Waals surface area contributed by atoms with E-state index in [-0.39, 0.29) is 5.97 Å². The van der Waals surface area contributed by atoms with Crippen LogP contribution in [-0.2, 0) is 18.3 Å². The van der Waals surface area contributed by atoms with Gasteiger partial charge in [-0.05, 0) is 54.7 Å². The van der Waals surface area contributed by atoms with Crippen LogP contribution in [0.2, 0.25) is 0 Å². The average Bonchev–Trinajstić information content (AvgIpc) is 3.39. The van der Waals surface area contributed by atoms with Gasteiger partial charge < -0.3 is 13.9 Å². The van der Waals surface area contributed by atoms with Gasteiger partial charge in [-0.25, -0.2) is 9.78 Å². The Labute approximate surface area is 169 Å². The molecule has 0 N–H and O–H groups in total. The molecule has 146 valence electrons. The average molecular weight is 385 g/mol. The van der Waals surface area contributed by atoms with E-state index in [9.17, 15) is 4.79 Å². The fourth-order valence-corrected chi connectivity index (χ4v) is 3.95. The number of fused-ring (bicyclic) bond motifs is 1. The fourth-order valence-electron chi connectivity index (χ4n) is 3.95. The maximum absolute atomic E-state index is 11.9. The van der Waals surface area contributed by atoms with Crippen LogP contribution in [0.4, 0.5) is 0 Å². The minimum absolute atomic E-state index is 0.345. The second-order valence-corrected chi connectivity index (χ2v) is 7.71. The molecule has 1 aliphatic carbocycles. The van der Waals surface area contributed by atoms with Gasteiger partial charge in [0.1, 0.15) is 0 Å². The number of rotatable bonds is 5. The molecule has 1 saturated carbocycles. The molecule has 0 radical (unpaired) electrons. The second-order valence-electron chi connectivity index (χ2n) is 7.71. The van der Waals surface area contributed by atoms with Crippen LogP contribution in [0, 0.1) is 5.92 Å². The molecule has 0 atom stereocenters. The van der Waals surface area contributed by atoms with E-state index in [2.05, 4.69) is 45.5 Å². The lowest BCUT2D eigenvalue weighted by Gasteiger charge is -2.13. The molecule has 29 heavy (non-hydrogen) atoms.